The first kappa shape index (κ1) is 15.6. The number of hydrogen-bond donors (Lipinski definition) is 1. The van der Waals surface area contributed by atoms with E-state index in [-0.39, 0.29) is 11.6 Å². The first-order valence-electron chi connectivity index (χ1n) is 6.64. The van der Waals surface area contributed by atoms with Gasteiger partial charge in [-0.05, 0) is 23.6 Å². The molecule has 0 atom stereocenters. The van der Waals surface area contributed by atoms with Crippen molar-refractivity contribution in [2.45, 2.75) is 20.3 Å². The first-order valence-corrected chi connectivity index (χ1v) is 7.01. The Balaban J connectivity index is 2.29. The van der Waals surface area contributed by atoms with Crippen molar-refractivity contribution in [1.82, 2.24) is 9.97 Å². The van der Waals surface area contributed by atoms with Crippen LogP contribution in [0.25, 0.3) is 0 Å². The molecule has 0 bridgehead atoms. The largest absolute Gasteiger partial charge is 0.369 e. The van der Waals surface area contributed by atoms with Crippen molar-refractivity contribution in [3.8, 4) is 0 Å². The summed E-state index contributed by atoms with van der Waals surface area (Å²) in [4.78, 5) is 8.09. The van der Waals surface area contributed by atoms with Gasteiger partial charge in [-0.25, -0.2) is 18.7 Å². The highest BCUT2D eigenvalue weighted by atomic mass is 35.5. The van der Waals surface area contributed by atoms with Gasteiger partial charge in [-0.3, -0.25) is 0 Å². The molecule has 112 valence electrons. The van der Waals surface area contributed by atoms with E-state index >= 15 is 0 Å². The zero-order valence-corrected chi connectivity index (χ0v) is 12.6. The van der Waals surface area contributed by atoms with E-state index < -0.39 is 11.6 Å². The fraction of sp³-hybridized carbons (Fsp3) is 0.333. The maximum atomic E-state index is 13.3. The fourth-order valence-electron chi connectivity index (χ4n) is 1.92. The lowest BCUT2D eigenvalue weighted by Crippen LogP contribution is -2.12. The minimum Gasteiger partial charge on any atom is -0.369 e. The second-order valence-electron chi connectivity index (χ2n) is 5.22. The molecule has 0 spiro atoms. The molecular formula is C15H16ClF2N3. The maximum absolute atomic E-state index is 13.3. The molecular weight excluding hydrogens is 296 g/mol. The SMILES string of the molecule is CC(C)CNc1ncnc(Cl)c1Cc1cc(F)cc(F)c1. The van der Waals surface area contributed by atoms with Crippen LogP contribution in [0.5, 0.6) is 0 Å². The molecule has 1 N–H and O–H groups in total. The van der Waals surface area contributed by atoms with Gasteiger partial charge in [-0.2, -0.15) is 0 Å². The van der Waals surface area contributed by atoms with Crippen LogP contribution < -0.4 is 5.32 Å². The highest BCUT2D eigenvalue weighted by Crippen LogP contribution is 2.24. The Morgan fingerprint density at radius 3 is 2.43 bits per heavy atom. The third-order valence-electron chi connectivity index (χ3n) is 2.87. The monoisotopic (exact) mass is 311 g/mol. The summed E-state index contributed by atoms with van der Waals surface area (Å²) in [5.41, 5.74) is 1.11. The van der Waals surface area contributed by atoms with Crippen LogP contribution in [-0.4, -0.2) is 16.5 Å². The summed E-state index contributed by atoms with van der Waals surface area (Å²) in [5.74, 6) is -0.212. The van der Waals surface area contributed by atoms with Gasteiger partial charge < -0.3 is 5.32 Å². The van der Waals surface area contributed by atoms with Gasteiger partial charge in [-0.15, -0.1) is 0 Å². The van der Waals surface area contributed by atoms with E-state index in [4.69, 9.17) is 11.6 Å². The van der Waals surface area contributed by atoms with Gasteiger partial charge in [-0.1, -0.05) is 25.4 Å². The highest BCUT2D eigenvalue weighted by molar-refractivity contribution is 6.30. The maximum Gasteiger partial charge on any atom is 0.138 e. The van der Waals surface area contributed by atoms with Gasteiger partial charge in [0.1, 0.15) is 28.9 Å². The number of hydrogen-bond acceptors (Lipinski definition) is 3. The molecule has 0 saturated carbocycles. The average Bonchev–Trinajstić information content (AvgIpc) is 2.38. The van der Waals surface area contributed by atoms with E-state index in [2.05, 4.69) is 29.1 Å². The number of rotatable bonds is 5. The predicted octanol–water partition coefficient (Wildman–Crippen LogP) is 4.07. The highest BCUT2D eigenvalue weighted by Gasteiger charge is 2.12. The lowest BCUT2D eigenvalue weighted by Gasteiger charge is -2.13. The molecule has 0 radical (unpaired) electrons. The summed E-state index contributed by atoms with van der Waals surface area (Å²) in [7, 11) is 0. The predicted molar refractivity (Wildman–Crippen MR) is 79.5 cm³/mol. The molecule has 0 aliphatic rings. The van der Waals surface area contributed by atoms with Crippen LogP contribution in [0, 0.1) is 17.6 Å². The molecule has 1 aromatic carbocycles. The van der Waals surface area contributed by atoms with Gasteiger partial charge in [0, 0.05) is 24.6 Å². The third-order valence-corrected chi connectivity index (χ3v) is 3.20. The Hall–Kier alpha value is -1.75. The number of nitrogens with one attached hydrogen (secondary N) is 1. The molecule has 0 aliphatic heterocycles. The summed E-state index contributed by atoms with van der Waals surface area (Å²) < 4.78 is 26.5. The topological polar surface area (TPSA) is 37.8 Å². The lowest BCUT2D eigenvalue weighted by molar-refractivity contribution is 0.580. The smallest absolute Gasteiger partial charge is 0.138 e. The van der Waals surface area contributed by atoms with Gasteiger partial charge in [0.2, 0.25) is 0 Å². The van der Waals surface area contributed by atoms with E-state index in [1.807, 2.05) is 0 Å². The zero-order chi connectivity index (χ0) is 15.4. The Morgan fingerprint density at radius 2 is 1.81 bits per heavy atom. The Bertz CT molecular complexity index is 612. The van der Waals surface area contributed by atoms with Gasteiger partial charge in [0.05, 0.1) is 0 Å². The van der Waals surface area contributed by atoms with E-state index in [0.29, 0.717) is 22.9 Å². The van der Waals surface area contributed by atoms with Crippen molar-refractivity contribution < 1.29 is 8.78 Å². The van der Waals surface area contributed by atoms with Crippen LogP contribution in [0.2, 0.25) is 5.15 Å². The molecule has 0 amide bonds. The molecule has 1 heterocycles. The van der Waals surface area contributed by atoms with Crippen LogP contribution in [0.3, 0.4) is 0 Å². The van der Waals surface area contributed by atoms with Crippen molar-refractivity contribution in [1.29, 1.82) is 0 Å². The molecule has 2 aromatic rings. The first-order chi connectivity index (χ1) is 9.95. The summed E-state index contributed by atoms with van der Waals surface area (Å²) in [6, 6.07) is 3.39. The van der Waals surface area contributed by atoms with Gasteiger partial charge in [0.15, 0.2) is 0 Å². The number of aromatic nitrogens is 2. The summed E-state index contributed by atoms with van der Waals surface area (Å²) in [6.45, 7) is 4.85. The standard InChI is InChI=1S/C15H16ClF2N3/c1-9(2)7-19-15-13(14(16)20-8-21-15)5-10-3-11(17)6-12(18)4-10/h3-4,6,8-9H,5,7H2,1-2H3,(H,19,20,21). The summed E-state index contributed by atoms with van der Waals surface area (Å²) in [6.07, 6.45) is 1.62. The number of nitrogens with zero attached hydrogens (tertiary/aromatic N) is 2. The normalized spacial score (nSPS) is 11.0. The molecule has 1 aromatic heterocycles. The summed E-state index contributed by atoms with van der Waals surface area (Å²) >= 11 is 6.10. The third kappa shape index (κ3) is 4.36. The molecule has 0 unspecified atom stereocenters. The number of anilines is 1. The zero-order valence-electron chi connectivity index (χ0n) is 11.8. The molecule has 21 heavy (non-hydrogen) atoms. The quantitative estimate of drug-likeness (QED) is 0.846. The van der Waals surface area contributed by atoms with Crippen LogP contribution in [0.4, 0.5) is 14.6 Å². The second kappa shape index (κ2) is 6.80. The molecule has 3 nitrogen and oxygen atoms in total. The van der Waals surface area contributed by atoms with E-state index in [1.54, 1.807) is 0 Å². The molecule has 2 rings (SSSR count). The van der Waals surface area contributed by atoms with E-state index in [1.165, 1.54) is 18.5 Å². The van der Waals surface area contributed by atoms with Crippen LogP contribution in [0.1, 0.15) is 25.0 Å². The molecule has 0 saturated heterocycles. The molecule has 0 fully saturated rings. The van der Waals surface area contributed by atoms with Crippen LogP contribution in [-0.2, 0) is 6.42 Å². The van der Waals surface area contributed by atoms with Crippen molar-refractivity contribution in [2.75, 3.05) is 11.9 Å². The van der Waals surface area contributed by atoms with Crippen LogP contribution >= 0.6 is 11.6 Å². The van der Waals surface area contributed by atoms with Crippen LogP contribution in [0.15, 0.2) is 24.5 Å². The van der Waals surface area contributed by atoms with Gasteiger partial charge >= 0.3 is 0 Å². The summed E-state index contributed by atoms with van der Waals surface area (Å²) in [5, 5.41) is 3.46. The van der Waals surface area contributed by atoms with Crippen molar-refractivity contribution in [3.05, 3.63) is 52.4 Å². The Labute approximate surface area is 127 Å². The fourth-order valence-corrected chi connectivity index (χ4v) is 2.12. The molecule has 6 heteroatoms. The number of benzene rings is 1. The minimum atomic E-state index is -0.616. The Morgan fingerprint density at radius 1 is 1.14 bits per heavy atom. The number of halogens is 3. The van der Waals surface area contributed by atoms with E-state index in [0.717, 1.165) is 12.6 Å². The van der Waals surface area contributed by atoms with E-state index in [9.17, 15) is 8.78 Å². The Kier molecular flexibility index (Phi) is 5.07. The van der Waals surface area contributed by atoms with Crippen molar-refractivity contribution in [3.63, 3.8) is 0 Å². The van der Waals surface area contributed by atoms with Gasteiger partial charge in [0.25, 0.3) is 0 Å². The molecule has 0 aliphatic carbocycles. The van der Waals surface area contributed by atoms with Crippen molar-refractivity contribution in [2.24, 2.45) is 5.92 Å². The second-order valence-corrected chi connectivity index (χ2v) is 5.58. The average molecular weight is 312 g/mol. The minimum absolute atomic E-state index is 0.259. The lowest BCUT2D eigenvalue weighted by atomic mass is 10.1. The van der Waals surface area contributed by atoms with Crippen molar-refractivity contribution >= 4 is 17.4 Å².